The van der Waals surface area contributed by atoms with Crippen LogP contribution >= 0.6 is 23.2 Å². The highest BCUT2D eigenvalue weighted by Crippen LogP contribution is 2.67. The predicted octanol–water partition coefficient (Wildman–Crippen LogP) is 7.21. The van der Waals surface area contributed by atoms with Crippen LogP contribution in [-0.2, 0) is 19.2 Å². The van der Waals surface area contributed by atoms with Crippen LogP contribution in [0.1, 0.15) is 41.6 Å². The zero-order valence-electron chi connectivity index (χ0n) is 27.1. The molecule has 6 atom stereocenters. The normalized spacial score (nSPS) is 28.0. The van der Waals surface area contributed by atoms with E-state index >= 15 is 8.78 Å². The van der Waals surface area contributed by atoms with E-state index in [0.717, 1.165) is 4.90 Å². The number of alkyl halides is 2. The summed E-state index contributed by atoms with van der Waals surface area (Å²) in [6, 6.07) is 15.1. The summed E-state index contributed by atoms with van der Waals surface area (Å²) < 4.78 is 73.9. The summed E-state index contributed by atoms with van der Waals surface area (Å²) in [5.41, 5.74) is -1.29. The number of carbonyl (C=O) groups is 5. The number of rotatable bonds is 4. The van der Waals surface area contributed by atoms with E-state index in [9.17, 15) is 42.3 Å². The maximum Gasteiger partial charge on any atom is 0.258 e. The number of benzene rings is 4. The van der Waals surface area contributed by atoms with E-state index in [2.05, 4.69) is 0 Å². The number of carbonyl (C=O) groups excluding carboxylic acids is 5. The second kappa shape index (κ2) is 11.7. The Balaban J connectivity index is 1.35. The minimum Gasteiger partial charge on any atom is -0.508 e. The molecule has 4 aromatic rings. The van der Waals surface area contributed by atoms with Gasteiger partial charge in [0.05, 0.1) is 17.5 Å². The van der Waals surface area contributed by atoms with Crippen molar-refractivity contribution in [1.82, 2.24) is 0 Å². The first-order chi connectivity index (χ1) is 25.1. The highest BCUT2D eigenvalue weighted by molar-refractivity contribution is 6.58. The average molecular weight is 770 g/mol. The number of allylic oxidation sites excluding steroid dienone is 2. The number of phenols is 1. The number of anilines is 2. The molecule has 1 saturated carbocycles. The molecule has 0 aromatic heterocycles. The number of nitrogens with zero attached hydrogens (tertiary/aromatic N) is 2. The molecule has 8 nitrogen and oxygen atoms in total. The highest BCUT2D eigenvalue weighted by atomic mass is 35.5. The molecule has 53 heavy (non-hydrogen) atoms. The smallest absolute Gasteiger partial charge is 0.258 e. The van der Waals surface area contributed by atoms with Crippen molar-refractivity contribution in [3.05, 3.63) is 113 Å². The van der Waals surface area contributed by atoms with E-state index in [1.165, 1.54) is 37.3 Å². The molecule has 2 saturated heterocycles. The monoisotopic (exact) mass is 768 g/mol. The first kappa shape index (κ1) is 34.9. The number of aromatic hydroxyl groups is 1. The Kier molecular flexibility index (Phi) is 7.69. The minimum atomic E-state index is -2.80. The number of phenolic OH excluding ortho intramolecular Hbond substituents is 1. The number of amides is 4. The van der Waals surface area contributed by atoms with Gasteiger partial charge in [-0.25, -0.2) is 26.9 Å². The molecule has 2 heterocycles. The Hall–Kier alpha value is -5.14. The molecular formula is C38H23Cl2F5N2O6. The third-order valence-electron chi connectivity index (χ3n) is 11.0. The van der Waals surface area contributed by atoms with Gasteiger partial charge >= 0.3 is 0 Å². The van der Waals surface area contributed by atoms with Crippen molar-refractivity contribution < 1.29 is 51.0 Å². The van der Waals surface area contributed by atoms with Gasteiger partial charge in [0.25, 0.3) is 11.8 Å². The van der Waals surface area contributed by atoms with Crippen molar-refractivity contribution in [3.63, 3.8) is 0 Å². The molecule has 0 spiro atoms. The van der Waals surface area contributed by atoms with Crippen molar-refractivity contribution in [1.29, 1.82) is 0 Å². The van der Waals surface area contributed by atoms with Gasteiger partial charge in [0.15, 0.2) is 38.8 Å². The van der Waals surface area contributed by atoms with Gasteiger partial charge in [-0.1, -0.05) is 42.0 Å². The Morgan fingerprint density at radius 2 is 1.40 bits per heavy atom. The molecule has 270 valence electrons. The lowest BCUT2D eigenvalue weighted by Crippen LogP contribution is -2.60. The van der Waals surface area contributed by atoms with Crippen molar-refractivity contribution in [2.24, 2.45) is 17.8 Å². The Morgan fingerprint density at radius 3 is 2.04 bits per heavy atom. The van der Waals surface area contributed by atoms with Gasteiger partial charge in [0, 0.05) is 17.0 Å². The Morgan fingerprint density at radius 1 is 0.774 bits per heavy atom. The number of Topliss-reactive ketones (excluding diaryl/α,β-unsaturated/α-hetero) is 1. The van der Waals surface area contributed by atoms with Crippen molar-refractivity contribution in [2.45, 2.75) is 35.4 Å². The fourth-order valence-electron chi connectivity index (χ4n) is 8.57. The molecule has 2 aliphatic heterocycles. The Labute approximate surface area is 306 Å². The number of fused-ring (bicyclic) bond motifs is 5. The van der Waals surface area contributed by atoms with Crippen LogP contribution < -0.4 is 9.80 Å². The third-order valence-corrected chi connectivity index (χ3v) is 12.4. The van der Waals surface area contributed by atoms with Crippen LogP contribution in [0.5, 0.6) is 5.75 Å². The van der Waals surface area contributed by atoms with Gasteiger partial charge in [-0.2, -0.15) is 0 Å². The summed E-state index contributed by atoms with van der Waals surface area (Å²) in [5, 5.41) is 12.3. The average Bonchev–Trinajstić information content (AvgIpc) is 3.48. The molecule has 0 radical (unpaired) electrons. The Bertz CT molecular complexity index is 2400. The van der Waals surface area contributed by atoms with Crippen LogP contribution in [0, 0.1) is 46.8 Å². The largest absolute Gasteiger partial charge is 0.508 e. The van der Waals surface area contributed by atoms with Crippen molar-refractivity contribution in [3.8, 4) is 5.75 Å². The van der Waals surface area contributed by atoms with E-state index in [1.807, 2.05) is 0 Å². The fourth-order valence-corrected chi connectivity index (χ4v) is 9.49. The van der Waals surface area contributed by atoms with Crippen LogP contribution in [0.25, 0.3) is 10.8 Å². The predicted molar refractivity (Wildman–Crippen MR) is 181 cm³/mol. The lowest BCUT2D eigenvalue weighted by atomic mass is 9.56. The molecule has 15 heteroatoms. The molecule has 2 aliphatic carbocycles. The van der Waals surface area contributed by atoms with E-state index < -0.39 is 104 Å². The lowest BCUT2D eigenvalue weighted by molar-refractivity contribution is -0.125. The SMILES string of the molecule is CC(=O)c1ccc(N2C(=O)C3CC=C4C(CC5(Cl)C(=O)N(c6c(F)c(F)c(F)c(F)c6F)C(=O)C5(Cl)C4c4c(O)ccc5ccccc45)C3C2=O)cc1. The van der Waals surface area contributed by atoms with Crippen LogP contribution in [0.15, 0.2) is 72.3 Å². The van der Waals surface area contributed by atoms with Crippen LogP contribution in [-0.4, -0.2) is 44.3 Å². The summed E-state index contributed by atoms with van der Waals surface area (Å²) >= 11 is 14.5. The lowest BCUT2D eigenvalue weighted by Gasteiger charge is -2.51. The van der Waals surface area contributed by atoms with E-state index in [-0.39, 0.29) is 33.9 Å². The number of ketones is 1. The molecular weight excluding hydrogens is 746 g/mol. The quantitative estimate of drug-likeness (QED) is 0.0447. The molecule has 4 aromatic carbocycles. The molecule has 4 aliphatic rings. The second-order valence-corrected chi connectivity index (χ2v) is 14.8. The number of hydrogen-bond donors (Lipinski definition) is 1. The minimum absolute atomic E-state index is 0.0635. The number of imide groups is 2. The van der Waals surface area contributed by atoms with Gasteiger partial charge in [0.2, 0.25) is 17.6 Å². The van der Waals surface area contributed by atoms with Gasteiger partial charge in [0.1, 0.15) is 11.4 Å². The maximum atomic E-state index is 15.3. The number of halogens is 7. The van der Waals surface area contributed by atoms with Crippen LogP contribution in [0.3, 0.4) is 0 Å². The highest BCUT2D eigenvalue weighted by Gasteiger charge is 2.77. The third kappa shape index (κ3) is 4.43. The zero-order chi connectivity index (χ0) is 38.0. The first-order valence-electron chi connectivity index (χ1n) is 16.2. The summed E-state index contributed by atoms with van der Waals surface area (Å²) in [4.78, 5) is 64.3. The van der Waals surface area contributed by atoms with Crippen LogP contribution in [0.2, 0.25) is 0 Å². The maximum absolute atomic E-state index is 15.3. The molecule has 4 amide bonds. The van der Waals surface area contributed by atoms with E-state index in [1.54, 1.807) is 36.4 Å². The molecule has 1 N–H and O–H groups in total. The summed E-state index contributed by atoms with van der Waals surface area (Å²) in [7, 11) is 0. The van der Waals surface area contributed by atoms with Crippen molar-refractivity contribution >= 4 is 74.8 Å². The second-order valence-electron chi connectivity index (χ2n) is 13.5. The number of hydrogen-bond acceptors (Lipinski definition) is 6. The topological polar surface area (TPSA) is 112 Å². The summed E-state index contributed by atoms with van der Waals surface area (Å²) in [6.07, 6.45) is 0.765. The zero-order valence-corrected chi connectivity index (χ0v) is 28.6. The summed E-state index contributed by atoms with van der Waals surface area (Å²) in [6.45, 7) is 1.34. The molecule has 3 fully saturated rings. The van der Waals surface area contributed by atoms with Gasteiger partial charge in [-0.05, 0) is 66.8 Å². The standard InChI is InChI=1S/C38H23Cl2F5N2O6/c1-15(48)16-6-9-18(10-7-16)46-33(50)21-12-11-20-22(24(21)34(46)51)14-37(39)35(52)47(32-30(44)28(42)27(41)29(43)31(32)45)36(53)38(37,40)26(20)25-19-5-3-2-4-17(19)8-13-23(25)49/h2-11,13,21-22,24,26,49H,12,14H2,1H3. The van der Waals surface area contributed by atoms with Gasteiger partial charge in [-0.3, -0.25) is 28.9 Å². The first-order valence-corrected chi connectivity index (χ1v) is 17.0. The van der Waals surface area contributed by atoms with Gasteiger partial charge < -0.3 is 5.11 Å². The van der Waals surface area contributed by atoms with Gasteiger partial charge in [-0.15, -0.1) is 23.2 Å². The van der Waals surface area contributed by atoms with E-state index in [4.69, 9.17) is 23.2 Å². The molecule has 0 bridgehead atoms. The van der Waals surface area contributed by atoms with Crippen molar-refractivity contribution in [2.75, 3.05) is 9.80 Å². The van der Waals surface area contributed by atoms with E-state index in [0.29, 0.717) is 16.3 Å². The molecule has 8 rings (SSSR count). The molecule has 6 unspecified atom stereocenters. The fraction of sp³-hybridized carbons (Fsp3) is 0.237. The van der Waals surface area contributed by atoms with Crippen LogP contribution in [0.4, 0.5) is 33.3 Å². The summed E-state index contributed by atoms with van der Waals surface area (Å²) in [5.74, 6) is -22.8.